The molecule has 1 N–H and O–H groups in total. The third-order valence-electron chi connectivity index (χ3n) is 5.03. The molecule has 1 aromatic heterocycles. The molecule has 1 heterocycles. The number of carbonyl (C=O) groups excluding carboxylic acids is 1. The van der Waals surface area contributed by atoms with Crippen molar-refractivity contribution < 1.29 is 14.3 Å². The summed E-state index contributed by atoms with van der Waals surface area (Å²) in [5.74, 6) is 0.687. The van der Waals surface area contributed by atoms with Crippen LogP contribution in [0.25, 0.3) is 11.3 Å². The number of nitrogens with zero attached hydrogens (tertiary/aromatic N) is 2. The van der Waals surface area contributed by atoms with E-state index < -0.39 is 6.04 Å². The van der Waals surface area contributed by atoms with E-state index >= 15 is 0 Å². The second-order valence-corrected chi connectivity index (χ2v) is 7.04. The van der Waals surface area contributed by atoms with Crippen molar-refractivity contribution in [3.63, 3.8) is 0 Å². The van der Waals surface area contributed by atoms with Crippen molar-refractivity contribution in [3.8, 4) is 22.8 Å². The molecular formula is C23H25N3O4. The third kappa shape index (κ3) is 4.35. The topological polar surface area (TPSA) is 82.5 Å². The van der Waals surface area contributed by atoms with Crippen molar-refractivity contribution in [1.29, 1.82) is 0 Å². The van der Waals surface area contributed by atoms with Crippen molar-refractivity contribution in [2.24, 2.45) is 0 Å². The average Bonchev–Trinajstić information content (AvgIpc) is 2.75. The molecule has 3 rings (SSSR count). The minimum Gasteiger partial charge on any atom is -0.493 e. The van der Waals surface area contributed by atoms with E-state index in [-0.39, 0.29) is 11.5 Å². The summed E-state index contributed by atoms with van der Waals surface area (Å²) >= 11 is 0. The molecule has 0 saturated heterocycles. The number of ether oxygens (including phenoxy) is 2. The van der Waals surface area contributed by atoms with E-state index in [1.165, 1.54) is 23.4 Å². The van der Waals surface area contributed by atoms with Gasteiger partial charge in [-0.05, 0) is 56.2 Å². The number of hydrogen-bond acceptors (Lipinski definition) is 5. The Kier molecular flexibility index (Phi) is 6.20. The van der Waals surface area contributed by atoms with Gasteiger partial charge in [0.1, 0.15) is 6.04 Å². The lowest BCUT2D eigenvalue weighted by molar-refractivity contribution is -0.119. The first-order valence-corrected chi connectivity index (χ1v) is 9.54. The van der Waals surface area contributed by atoms with E-state index in [0.29, 0.717) is 22.9 Å². The van der Waals surface area contributed by atoms with Crippen molar-refractivity contribution in [1.82, 2.24) is 9.78 Å². The van der Waals surface area contributed by atoms with E-state index in [4.69, 9.17) is 9.47 Å². The zero-order valence-electron chi connectivity index (χ0n) is 17.7. The summed E-state index contributed by atoms with van der Waals surface area (Å²) in [5, 5.41) is 7.23. The normalized spacial score (nSPS) is 11.6. The number of aryl methyl sites for hydroxylation is 2. The summed E-state index contributed by atoms with van der Waals surface area (Å²) in [6.45, 7) is 5.69. The Morgan fingerprint density at radius 2 is 1.70 bits per heavy atom. The number of rotatable bonds is 6. The van der Waals surface area contributed by atoms with Crippen LogP contribution in [0.3, 0.4) is 0 Å². The summed E-state index contributed by atoms with van der Waals surface area (Å²) in [6, 6.07) is 13.3. The molecule has 3 aromatic rings. The lowest BCUT2D eigenvalue weighted by atomic mass is 10.0. The minimum absolute atomic E-state index is 0.349. The van der Waals surface area contributed by atoms with Crippen LogP contribution >= 0.6 is 0 Å². The predicted octanol–water partition coefficient (Wildman–Crippen LogP) is 3.74. The zero-order valence-corrected chi connectivity index (χ0v) is 17.7. The standard InChI is InChI=1S/C23H25N3O4/c1-14-6-7-17(12-15(14)2)19-9-11-22(27)26(25-19)16(3)23(28)24-18-8-10-20(29-4)21(13-18)30-5/h6-13,16H,1-5H3,(H,24,28)/t16-/m0/s1. The van der Waals surface area contributed by atoms with Gasteiger partial charge in [0.05, 0.1) is 19.9 Å². The largest absolute Gasteiger partial charge is 0.493 e. The number of nitrogens with one attached hydrogen (secondary N) is 1. The third-order valence-corrected chi connectivity index (χ3v) is 5.03. The highest BCUT2D eigenvalue weighted by molar-refractivity contribution is 5.93. The van der Waals surface area contributed by atoms with E-state index in [1.807, 2.05) is 32.0 Å². The minimum atomic E-state index is -0.808. The molecule has 0 aliphatic heterocycles. The summed E-state index contributed by atoms with van der Waals surface area (Å²) in [4.78, 5) is 25.2. The molecule has 0 bridgehead atoms. The Bertz CT molecular complexity index is 1140. The molecule has 7 nitrogen and oxygen atoms in total. The molecule has 156 valence electrons. The Labute approximate surface area is 175 Å². The first-order valence-electron chi connectivity index (χ1n) is 9.54. The van der Waals surface area contributed by atoms with Gasteiger partial charge in [0, 0.05) is 23.4 Å². The van der Waals surface area contributed by atoms with Crippen LogP contribution < -0.4 is 20.3 Å². The molecule has 0 saturated carbocycles. The van der Waals surface area contributed by atoms with Crippen molar-refractivity contribution in [3.05, 3.63) is 70.0 Å². The van der Waals surface area contributed by atoms with Crippen LogP contribution in [0.2, 0.25) is 0 Å². The Morgan fingerprint density at radius 1 is 0.967 bits per heavy atom. The lowest BCUT2D eigenvalue weighted by Gasteiger charge is -2.16. The second-order valence-electron chi connectivity index (χ2n) is 7.04. The Morgan fingerprint density at radius 3 is 2.37 bits per heavy atom. The number of hydrogen-bond donors (Lipinski definition) is 1. The summed E-state index contributed by atoms with van der Waals surface area (Å²) < 4.78 is 11.7. The number of amides is 1. The van der Waals surface area contributed by atoms with E-state index in [2.05, 4.69) is 10.4 Å². The van der Waals surface area contributed by atoms with Crippen molar-refractivity contribution in [2.75, 3.05) is 19.5 Å². The van der Waals surface area contributed by atoms with Gasteiger partial charge in [-0.2, -0.15) is 5.10 Å². The molecular weight excluding hydrogens is 382 g/mol. The van der Waals surface area contributed by atoms with Gasteiger partial charge >= 0.3 is 0 Å². The quantitative estimate of drug-likeness (QED) is 0.673. The number of benzene rings is 2. The first-order chi connectivity index (χ1) is 14.3. The van der Waals surface area contributed by atoms with Crippen LogP contribution in [0.1, 0.15) is 24.1 Å². The summed E-state index contributed by atoms with van der Waals surface area (Å²) in [7, 11) is 3.06. The molecule has 0 unspecified atom stereocenters. The molecule has 2 aromatic carbocycles. The van der Waals surface area contributed by atoms with E-state index in [1.54, 1.807) is 38.3 Å². The van der Waals surface area contributed by atoms with E-state index in [9.17, 15) is 9.59 Å². The number of aromatic nitrogens is 2. The maximum atomic E-state index is 12.8. The Balaban J connectivity index is 1.87. The predicted molar refractivity (Wildman–Crippen MR) is 116 cm³/mol. The molecule has 7 heteroatoms. The van der Waals surface area contributed by atoms with Gasteiger partial charge < -0.3 is 14.8 Å². The molecule has 30 heavy (non-hydrogen) atoms. The van der Waals surface area contributed by atoms with Gasteiger partial charge in [0.2, 0.25) is 5.91 Å². The number of methoxy groups -OCH3 is 2. The molecule has 0 aliphatic rings. The fourth-order valence-corrected chi connectivity index (χ4v) is 3.03. The lowest BCUT2D eigenvalue weighted by Crippen LogP contribution is -2.33. The average molecular weight is 407 g/mol. The zero-order chi connectivity index (χ0) is 21.8. The highest BCUT2D eigenvalue weighted by atomic mass is 16.5. The monoisotopic (exact) mass is 407 g/mol. The van der Waals surface area contributed by atoms with Gasteiger partial charge in [0.25, 0.3) is 5.56 Å². The van der Waals surface area contributed by atoms with Gasteiger partial charge in [-0.1, -0.05) is 12.1 Å². The molecule has 0 radical (unpaired) electrons. The van der Waals surface area contributed by atoms with E-state index in [0.717, 1.165) is 11.1 Å². The van der Waals surface area contributed by atoms with Crippen LogP contribution in [0.15, 0.2) is 53.3 Å². The highest BCUT2D eigenvalue weighted by Crippen LogP contribution is 2.30. The van der Waals surface area contributed by atoms with Crippen LogP contribution in [-0.4, -0.2) is 29.9 Å². The van der Waals surface area contributed by atoms with Gasteiger partial charge in [-0.15, -0.1) is 0 Å². The fourth-order valence-electron chi connectivity index (χ4n) is 3.03. The van der Waals surface area contributed by atoms with Gasteiger partial charge in [-0.3, -0.25) is 9.59 Å². The maximum absolute atomic E-state index is 12.8. The number of carbonyl (C=O) groups is 1. The van der Waals surface area contributed by atoms with Crippen LogP contribution in [0.5, 0.6) is 11.5 Å². The molecule has 0 spiro atoms. The second kappa shape index (κ2) is 8.82. The SMILES string of the molecule is COc1ccc(NC(=O)[C@H](C)n2nc(-c3ccc(C)c(C)c3)ccc2=O)cc1OC. The number of anilines is 1. The molecule has 1 amide bonds. The molecule has 0 aliphatic carbocycles. The van der Waals surface area contributed by atoms with Crippen LogP contribution in [-0.2, 0) is 4.79 Å². The van der Waals surface area contributed by atoms with Gasteiger partial charge in [-0.25, -0.2) is 4.68 Å². The maximum Gasteiger partial charge on any atom is 0.267 e. The smallest absolute Gasteiger partial charge is 0.267 e. The van der Waals surface area contributed by atoms with Crippen molar-refractivity contribution in [2.45, 2.75) is 26.8 Å². The fraction of sp³-hybridized carbons (Fsp3) is 0.261. The molecule has 0 fully saturated rings. The first kappa shape index (κ1) is 21.1. The highest BCUT2D eigenvalue weighted by Gasteiger charge is 2.19. The van der Waals surface area contributed by atoms with Crippen LogP contribution in [0.4, 0.5) is 5.69 Å². The summed E-state index contributed by atoms with van der Waals surface area (Å²) in [5.41, 5.74) is 4.00. The van der Waals surface area contributed by atoms with Crippen molar-refractivity contribution >= 4 is 11.6 Å². The molecule has 1 atom stereocenters. The van der Waals surface area contributed by atoms with Gasteiger partial charge in [0.15, 0.2) is 11.5 Å². The summed E-state index contributed by atoms with van der Waals surface area (Å²) in [6.07, 6.45) is 0. The Hall–Kier alpha value is -3.61. The van der Waals surface area contributed by atoms with Crippen LogP contribution in [0, 0.1) is 13.8 Å².